The van der Waals surface area contributed by atoms with E-state index in [9.17, 15) is 9.59 Å². The minimum atomic E-state index is -0.0753. The van der Waals surface area contributed by atoms with E-state index in [4.69, 9.17) is 0 Å². The molecule has 0 aromatic heterocycles. The number of carbonyl (C=O) groups excluding carboxylic acids is 2. The first-order valence-corrected chi connectivity index (χ1v) is 5.16. The molecule has 0 aliphatic heterocycles. The zero-order valence-electron chi connectivity index (χ0n) is 9.46. The Balaban J connectivity index is 2.86. The number of aryl methyl sites for hydroxylation is 2. The second-order valence-electron chi connectivity index (χ2n) is 3.87. The van der Waals surface area contributed by atoms with Crippen molar-refractivity contribution in [2.45, 2.75) is 33.6 Å². The molecule has 0 heterocycles. The summed E-state index contributed by atoms with van der Waals surface area (Å²) in [5.41, 5.74) is 2.76. The van der Waals surface area contributed by atoms with Crippen molar-refractivity contribution in [3.8, 4) is 0 Å². The number of hydrogen-bond acceptors (Lipinski definition) is 2. The molecule has 0 aliphatic carbocycles. The summed E-state index contributed by atoms with van der Waals surface area (Å²) < 4.78 is 0. The molecule has 0 N–H and O–H groups in total. The fourth-order valence-electron chi connectivity index (χ4n) is 1.54. The van der Waals surface area contributed by atoms with E-state index in [0.29, 0.717) is 12.0 Å². The third-order valence-corrected chi connectivity index (χ3v) is 2.30. The van der Waals surface area contributed by atoms with Crippen LogP contribution in [0.1, 0.15) is 41.3 Å². The smallest absolute Gasteiger partial charge is 0.170 e. The SMILES string of the molecule is CCC(=O)CC(=O)c1cc(C)cc(C)c1. The second kappa shape index (κ2) is 4.87. The standard InChI is InChI=1S/C13H16O2/c1-4-12(14)8-13(15)11-6-9(2)5-10(3)7-11/h5-7H,4,8H2,1-3H3. The highest BCUT2D eigenvalue weighted by Crippen LogP contribution is 2.11. The Morgan fingerprint density at radius 3 is 2.07 bits per heavy atom. The van der Waals surface area contributed by atoms with Gasteiger partial charge in [-0.05, 0) is 26.0 Å². The van der Waals surface area contributed by atoms with Crippen molar-refractivity contribution >= 4 is 11.6 Å². The van der Waals surface area contributed by atoms with E-state index in [1.54, 1.807) is 6.92 Å². The summed E-state index contributed by atoms with van der Waals surface area (Å²) >= 11 is 0. The normalized spacial score (nSPS) is 10.1. The molecule has 1 aromatic carbocycles. The lowest BCUT2D eigenvalue weighted by molar-refractivity contribution is -0.117. The van der Waals surface area contributed by atoms with Gasteiger partial charge in [0.25, 0.3) is 0 Å². The van der Waals surface area contributed by atoms with Gasteiger partial charge in [-0.2, -0.15) is 0 Å². The van der Waals surface area contributed by atoms with Crippen LogP contribution < -0.4 is 0 Å². The molecule has 0 unspecified atom stereocenters. The van der Waals surface area contributed by atoms with Gasteiger partial charge in [-0.15, -0.1) is 0 Å². The Bertz CT molecular complexity index is 371. The van der Waals surface area contributed by atoms with Crippen molar-refractivity contribution in [1.82, 2.24) is 0 Å². The minimum absolute atomic E-state index is 0.000779. The first kappa shape index (κ1) is 11.6. The van der Waals surface area contributed by atoms with Crippen LogP contribution in [0.2, 0.25) is 0 Å². The van der Waals surface area contributed by atoms with Gasteiger partial charge in [0, 0.05) is 12.0 Å². The van der Waals surface area contributed by atoms with Gasteiger partial charge in [-0.3, -0.25) is 9.59 Å². The van der Waals surface area contributed by atoms with E-state index in [2.05, 4.69) is 0 Å². The quantitative estimate of drug-likeness (QED) is 0.558. The average Bonchev–Trinajstić information content (AvgIpc) is 2.16. The van der Waals surface area contributed by atoms with Gasteiger partial charge < -0.3 is 0 Å². The number of Topliss-reactive ketones (excluding diaryl/α,β-unsaturated/α-hetero) is 2. The van der Waals surface area contributed by atoms with Crippen LogP contribution in [0.15, 0.2) is 18.2 Å². The summed E-state index contributed by atoms with van der Waals surface area (Å²) in [7, 11) is 0. The molecule has 15 heavy (non-hydrogen) atoms. The lowest BCUT2D eigenvalue weighted by Crippen LogP contribution is -2.07. The maximum absolute atomic E-state index is 11.7. The third kappa shape index (κ3) is 3.31. The molecule has 0 saturated heterocycles. The van der Waals surface area contributed by atoms with Crippen molar-refractivity contribution in [1.29, 1.82) is 0 Å². The lowest BCUT2D eigenvalue weighted by atomic mass is 10.0. The number of ketones is 2. The first-order chi connectivity index (χ1) is 7.02. The van der Waals surface area contributed by atoms with Crippen LogP contribution in [0, 0.1) is 13.8 Å². The van der Waals surface area contributed by atoms with Gasteiger partial charge >= 0.3 is 0 Å². The number of carbonyl (C=O) groups is 2. The molecule has 2 nitrogen and oxygen atoms in total. The van der Waals surface area contributed by atoms with Gasteiger partial charge in [0.15, 0.2) is 5.78 Å². The highest BCUT2D eigenvalue weighted by atomic mass is 16.1. The van der Waals surface area contributed by atoms with E-state index in [1.807, 2.05) is 32.0 Å². The van der Waals surface area contributed by atoms with E-state index >= 15 is 0 Å². The van der Waals surface area contributed by atoms with Crippen molar-refractivity contribution in [3.05, 3.63) is 34.9 Å². The zero-order chi connectivity index (χ0) is 11.4. The molecular formula is C13H16O2. The Kier molecular flexibility index (Phi) is 3.78. The predicted molar refractivity (Wildman–Crippen MR) is 60.2 cm³/mol. The number of benzene rings is 1. The predicted octanol–water partition coefficient (Wildman–Crippen LogP) is 2.86. The highest BCUT2D eigenvalue weighted by molar-refractivity contribution is 6.08. The molecule has 0 bridgehead atoms. The van der Waals surface area contributed by atoms with E-state index in [0.717, 1.165) is 11.1 Å². The van der Waals surface area contributed by atoms with Crippen LogP contribution >= 0.6 is 0 Å². The Hall–Kier alpha value is -1.44. The molecular weight excluding hydrogens is 188 g/mol. The number of rotatable bonds is 4. The lowest BCUT2D eigenvalue weighted by Gasteiger charge is -2.03. The summed E-state index contributed by atoms with van der Waals surface area (Å²) in [5.74, 6) is -0.0761. The summed E-state index contributed by atoms with van der Waals surface area (Å²) in [6.45, 7) is 5.67. The van der Waals surface area contributed by atoms with Gasteiger partial charge in [0.05, 0.1) is 6.42 Å². The van der Waals surface area contributed by atoms with Gasteiger partial charge in [-0.25, -0.2) is 0 Å². The molecule has 0 spiro atoms. The van der Waals surface area contributed by atoms with Gasteiger partial charge in [0.1, 0.15) is 5.78 Å². The molecule has 0 aliphatic rings. The maximum atomic E-state index is 11.7. The number of hydrogen-bond donors (Lipinski definition) is 0. The van der Waals surface area contributed by atoms with E-state index < -0.39 is 0 Å². The molecule has 2 heteroatoms. The van der Waals surface area contributed by atoms with E-state index in [1.165, 1.54) is 0 Å². The molecule has 0 fully saturated rings. The fraction of sp³-hybridized carbons (Fsp3) is 0.385. The first-order valence-electron chi connectivity index (χ1n) is 5.16. The maximum Gasteiger partial charge on any atom is 0.170 e. The monoisotopic (exact) mass is 204 g/mol. The van der Waals surface area contributed by atoms with Crippen molar-refractivity contribution in [3.63, 3.8) is 0 Å². The van der Waals surface area contributed by atoms with Crippen LogP contribution in [0.25, 0.3) is 0 Å². The topological polar surface area (TPSA) is 34.1 Å². The highest BCUT2D eigenvalue weighted by Gasteiger charge is 2.10. The van der Waals surface area contributed by atoms with Crippen LogP contribution in [-0.4, -0.2) is 11.6 Å². The van der Waals surface area contributed by atoms with Crippen molar-refractivity contribution < 1.29 is 9.59 Å². The summed E-state index contributed by atoms with van der Waals surface area (Å²) in [6, 6.07) is 5.68. The van der Waals surface area contributed by atoms with Crippen LogP contribution in [-0.2, 0) is 4.79 Å². The van der Waals surface area contributed by atoms with E-state index in [-0.39, 0.29) is 18.0 Å². The molecule has 0 radical (unpaired) electrons. The second-order valence-corrected chi connectivity index (χ2v) is 3.87. The molecule has 80 valence electrons. The Morgan fingerprint density at radius 2 is 1.60 bits per heavy atom. The molecule has 1 rings (SSSR count). The van der Waals surface area contributed by atoms with Gasteiger partial charge in [-0.1, -0.05) is 24.1 Å². The Morgan fingerprint density at radius 1 is 1.07 bits per heavy atom. The fourth-order valence-corrected chi connectivity index (χ4v) is 1.54. The molecule has 0 amide bonds. The molecule has 0 saturated carbocycles. The van der Waals surface area contributed by atoms with Crippen molar-refractivity contribution in [2.24, 2.45) is 0 Å². The average molecular weight is 204 g/mol. The van der Waals surface area contributed by atoms with Crippen LogP contribution in [0.5, 0.6) is 0 Å². The summed E-state index contributed by atoms with van der Waals surface area (Å²) in [6.07, 6.45) is 0.454. The minimum Gasteiger partial charge on any atom is -0.299 e. The Labute approximate surface area is 90.3 Å². The zero-order valence-corrected chi connectivity index (χ0v) is 9.46. The van der Waals surface area contributed by atoms with Crippen LogP contribution in [0.3, 0.4) is 0 Å². The third-order valence-electron chi connectivity index (χ3n) is 2.30. The summed E-state index contributed by atoms with van der Waals surface area (Å²) in [5, 5.41) is 0. The molecule has 1 aromatic rings. The van der Waals surface area contributed by atoms with Gasteiger partial charge in [0.2, 0.25) is 0 Å². The van der Waals surface area contributed by atoms with Crippen molar-refractivity contribution in [2.75, 3.05) is 0 Å². The largest absolute Gasteiger partial charge is 0.299 e. The summed E-state index contributed by atoms with van der Waals surface area (Å²) in [4.78, 5) is 22.8. The van der Waals surface area contributed by atoms with Crippen LogP contribution in [0.4, 0.5) is 0 Å². The molecule has 0 atom stereocenters.